The molecule has 0 N–H and O–H groups in total. The third kappa shape index (κ3) is 6.66. The highest BCUT2D eigenvalue weighted by Gasteiger charge is 2.17. The first-order valence-corrected chi connectivity index (χ1v) is 19.6. The zero-order valence-electron chi connectivity index (χ0n) is 31.5. The van der Waals surface area contributed by atoms with Crippen molar-refractivity contribution in [3.05, 3.63) is 237 Å². The van der Waals surface area contributed by atoms with E-state index < -0.39 is 0 Å². The zero-order valence-corrected chi connectivity index (χ0v) is 31.5. The molecule has 10 aromatic rings. The number of fused-ring (bicyclic) bond motifs is 3. The van der Waals surface area contributed by atoms with Crippen molar-refractivity contribution < 1.29 is 0 Å². The summed E-state index contributed by atoms with van der Waals surface area (Å²) in [6, 6.07) is 85.6. The molecule has 10 aromatic carbocycles. The van der Waals surface area contributed by atoms with E-state index in [0.29, 0.717) is 0 Å². The smallest absolute Gasteiger partial charge is 0.0462 e. The standard InChI is InChI=1S/C56H39N/c1-4-14-40(15-5-1)42-24-31-48(32-25-42)57(49-33-26-43(27-34-49)41-16-6-2-7-17-41)50-35-28-45(29-36-50)55-39-47(30-37-52(55)44-18-8-3-9-19-44)56-38-46-20-10-11-21-51(46)53-22-12-13-23-54(53)56/h1-39H. The lowest BCUT2D eigenvalue weighted by atomic mass is 9.88. The molecular weight excluding hydrogens is 687 g/mol. The van der Waals surface area contributed by atoms with Gasteiger partial charge in [0.2, 0.25) is 0 Å². The van der Waals surface area contributed by atoms with Gasteiger partial charge in [-0.05, 0) is 126 Å². The summed E-state index contributed by atoms with van der Waals surface area (Å²) in [6.07, 6.45) is 0. The molecule has 1 heteroatoms. The van der Waals surface area contributed by atoms with E-state index in [1.165, 1.54) is 77.2 Å². The molecule has 0 aliphatic heterocycles. The number of hydrogen-bond acceptors (Lipinski definition) is 1. The van der Waals surface area contributed by atoms with Gasteiger partial charge in [0.1, 0.15) is 0 Å². The summed E-state index contributed by atoms with van der Waals surface area (Å²) in [5.41, 5.74) is 15.3. The zero-order chi connectivity index (χ0) is 38.0. The predicted octanol–water partition coefficient (Wildman–Crippen LogP) is 15.8. The van der Waals surface area contributed by atoms with E-state index in [2.05, 4.69) is 241 Å². The van der Waals surface area contributed by atoms with Gasteiger partial charge in [0.05, 0.1) is 0 Å². The molecule has 1 nitrogen and oxygen atoms in total. The number of hydrogen-bond donors (Lipinski definition) is 0. The fraction of sp³-hybridized carbons (Fsp3) is 0. The van der Waals surface area contributed by atoms with Crippen LogP contribution in [0.25, 0.3) is 77.2 Å². The predicted molar refractivity (Wildman–Crippen MR) is 243 cm³/mol. The Kier molecular flexibility index (Phi) is 8.95. The van der Waals surface area contributed by atoms with Crippen molar-refractivity contribution in [1.29, 1.82) is 0 Å². The quantitative estimate of drug-likeness (QED) is 0.141. The lowest BCUT2D eigenvalue weighted by molar-refractivity contribution is 1.28. The van der Waals surface area contributed by atoms with Crippen LogP contribution in [0, 0.1) is 0 Å². The first-order valence-electron chi connectivity index (χ1n) is 19.6. The van der Waals surface area contributed by atoms with E-state index >= 15 is 0 Å². The van der Waals surface area contributed by atoms with Crippen LogP contribution in [0.3, 0.4) is 0 Å². The average molecular weight is 726 g/mol. The molecule has 0 heterocycles. The van der Waals surface area contributed by atoms with Gasteiger partial charge < -0.3 is 4.90 Å². The van der Waals surface area contributed by atoms with Gasteiger partial charge in [-0.2, -0.15) is 0 Å². The minimum Gasteiger partial charge on any atom is -0.311 e. The molecule has 0 aromatic heterocycles. The number of anilines is 3. The third-order valence-electron chi connectivity index (χ3n) is 11.1. The van der Waals surface area contributed by atoms with E-state index in [1.54, 1.807) is 0 Å². The van der Waals surface area contributed by atoms with Gasteiger partial charge in [0.15, 0.2) is 0 Å². The number of nitrogens with zero attached hydrogens (tertiary/aromatic N) is 1. The molecule has 10 rings (SSSR count). The monoisotopic (exact) mass is 725 g/mol. The first-order chi connectivity index (χ1) is 28.3. The van der Waals surface area contributed by atoms with Crippen molar-refractivity contribution in [2.45, 2.75) is 0 Å². The summed E-state index contributed by atoms with van der Waals surface area (Å²) >= 11 is 0. The molecular formula is C56H39N. The Hall–Kier alpha value is -7.48. The van der Waals surface area contributed by atoms with E-state index in [9.17, 15) is 0 Å². The van der Waals surface area contributed by atoms with Crippen molar-refractivity contribution in [3.8, 4) is 55.6 Å². The van der Waals surface area contributed by atoms with Crippen LogP contribution in [0.1, 0.15) is 0 Å². The Balaban J connectivity index is 1.08. The second-order valence-corrected chi connectivity index (χ2v) is 14.5. The van der Waals surface area contributed by atoms with Gasteiger partial charge in [0, 0.05) is 17.1 Å². The Morgan fingerprint density at radius 2 is 0.596 bits per heavy atom. The summed E-state index contributed by atoms with van der Waals surface area (Å²) in [4.78, 5) is 2.35. The highest BCUT2D eigenvalue weighted by atomic mass is 15.1. The van der Waals surface area contributed by atoms with Crippen molar-refractivity contribution in [2.75, 3.05) is 4.90 Å². The average Bonchev–Trinajstić information content (AvgIpc) is 3.30. The molecule has 0 saturated carbocycles. The Labute approximate surface area is 334 Å². The third-order valence-corrected chi connectivity index (χ3v) is 11.1. The molecule has 0 spiro atoms. The van der Waals surface area contributed by atoms with E-state index in [4.69, 9.17) is 0 Å². The molecule has 0 bridgehead atoms. The highest BCUT2D eigenvalue weighted by molar-refractivity contribution is 6.14. The topological polar surface area (TPSA) is 3.24 Å². The van der Waals surface area contributed by atoms with Crippen LogP contribution < -0.4 is 4.90 Å². The van der Waals surface area contributed by atoms with Gasteiger partial charge >= 0.3 is 0 Å². The minimum absolute atomic E-state index is 1.09. The van der Waals surface area contributed by atoms with E-state index in [1.807, 2.05) is 0 Å². The Morgan fingerprint density at radius 1 is 0.211 bits per heavy atom. The van der Waals surface area contributed by atoms with E-state index in [-0.39, 0.29) is 0 Å². The van der Waals surface area contributed by atoms with Crippen molar-refractivity contribution >= 4 is 38.6 Å². The molecule has 0 aliphatic rings. The van der Waals surface area contributed by atoms with Gasteiger partial charge in [-0.15, -0.1) is 0 Å². The summed E-state index contributed by atoms with van der Waals surface area (Å²) in [7, 11) is 0. The number of benzene rings is 10. The van der Waals surface area contributed by atoms with Gasteiger partial charge in [-0.1, -0.05) is 188 Å². The van der Waals surface area contributed by atoms with Gasteiger partial charge in [-0.25, -0.2) is 0 Å². The molecule has 57 heavy (non-hydrogen) atoms. The van der Waals surface area contributed by atoms with Crippen molar-refractivity contribution in [2.24, 2.45) is 0 Å². The second-order valence-electron chi connectivity index (χ2n) is 14.5. The molecule has 0 fully saturated rings. The van der Waals surface area contributed by atoms with Crippen LogP contribution in [0.4, 0.5) is 17.1 Å². The maximum atomic E-state index is 2.39. The lowest BCUT2D eigenvalue weighted by Gasteiger charge is -2.26. The lowest BCUT2D eigenvalue weighted by Crippen LogP contribution is -2.09. The molecule has 268 valence electrons. The van der Waals surface area contributed by atoms with Crippen molar-refractivity contribution in [3.63, 3.8) is 0 Å². The summed E-state index contributed by atoms with van der Waals surface area (Å²) in [6.45, 7) is 0. The Morgan fingerprint density at radius 3 is 1.14 bits per heavy atom. The van der Waals surface area contributed by atoms with Gasteiger partial charge in [0.25, 0.3) is 0 Å². The van der Waals surface area contributed by atoms with Crippen molar-refractivity contribution in [1.82, 2.24) is 0 Å². The second kappa shape index (κ2) is 15.0. The number of rotatable bonds is 8. The van der Waals surface area contributed by atoms with E-state index in [0.717, 1.165) is 17.1 Å². The maximum absolute atomic E-state index is 2.39. The fourth-order valence-corrected chi connectivity index (χ4v) is 8.22. The van der Waals surface area contributed by atoms with Crippen LogP contribution in [0.2, 0.25) is 0 Å². The SMILES string of the molecule is c1ccc(-c2ccc(N(c3ccc(-c4ccccc4)cc3)c3ccc(-c4cc(-c5cc6ccccc6c6ccccc56)ccc4-c4ccccc4)cc3)cc2)cc1. The highest BCUT2D eigenvalue weighted by Crippen LogP contribution is 2.42. The van der Waals surface area contributed by atoms with Crippen LogP contribution in [0.5, 0.6) is 0 Å². The van der Waals surface area contributed by atoms with Gasteiger partial charge in [-0.3, -0.25) is 0 Å². The van der Waals surface area contributed by atoms with Crippen LogP contribution in [-0.4, -0.2) is 0 Å². The summed E-state index contributed by atoms with van der Waals surface area (Å²) in [5, 5.41) is 5.06. The maximum Gasteiger partial charge on any atom is 0.0462 e. The fourth-order valence-electron chi connectivity index (χ4n) is 8.22. The summed E-state index contributed by atoms with van der Waals surface area (Å²) in [5.74, 6) is 0. The largest absolute Gasteiger partial charge is 0.311 e. The molecule has 0 amide bonds. The molecule has 0 aliphatic carbocycles. The normalized spacial score (nSPS) is 11.2. The van der Waals surface area contributed by atoms with Crippen LogP contribution >= 0.6 is 0 Å². The van der Waals surface area contributed by atoms with Crippen LogP contribution in [0.15, 0.2) is 237 Å². The molecule has 0 unspecified atom stereocenters. The molecule has 0 atom stereocenters. The molecule has 0 radical (unpaired) electrons. The summed E-state index contributed by atoms with van der Waals surface area (Å²) < 4.78 is 0. The molecule has 0 saturated heterocycles. The minimum atomic E-state index is 1.09. The first kappa shape index (κ1) is 34.0. The van der Waals surface area contributed by atoms with Crippen LogP contribution in [-0.2, 0) is 0 Å². The Bertz CT molecular complexity index is 2870.